The van der Waals surface area contributed by atoms with Crippen LogP contribution in [0.25, 0.3) is 0 Å². The number of hydrogen-bond donors (Lipinski definition) is 3. The predicted molar refractivity (Wildman–Crippen MR) is 80.2 cm³/mol. The molecule has 1 atom stereocenters. The van der Waals surface area contributed by atoms with Crippen LogP contribution in [0.1, 0.15) is 11.1 Å². The van der Waals surface area contributed by atoms with Gasteiger partial charge in [0.15, 0.2) is 5.16 Å². The number of carbonyl (C=O) groups is 1. The van der Waals surface area contributed by atoms with Crippen molar-refractivity contribution < 1.29 is 9.90 Å². The Balaban J connectivity index is 2.01. The van der Waals surface area contributed by atoms with Crippen LogP contribution in [0.5, 0.6) is 0 Å². The second-order valence-electron chi connectivity index (χ2n) is 4.50. The van der Waals surface area contributed by atoms with E-state index in [1.54, 1.807) is 0 Å². The predicted octanol–water partition coefficient (Wildman–Crippen LogP) is 1.02. The average molecular weight is 305 g/mol. The first-order valence-electron chi connectivity index (χ1n) is 6.29. The van der Waals surface area contributed by atoms with Crippen LogP contribution in [0.4, 0.5) is 0 Å². The maximum atomic E-state index is 11.2. The second-order valence-corrected chi connectivity index (χ2v) is 5.46. The molecule has 0 saturated heterocycles. The third kappa shape index (κ3) is 4.73. The van der Waals surface area contributed by atoms with Gasteiger partial charge in [-0.05, 0) is 17.5 Å². The van der Waals surface area contributed by atoms with Crippen LogP contribution in [0.3, 0.4) is 0 Å². The number of aromatic amines is 1. The highest BCUT2D eigenvalue weighted by molar-refractivity contribution is 7.98. The van der Waals surface area contributed by atoms with E-state index in [-0.39, 0.29) is 12.0 Å². The molecule has 0 unspecified atom stereocenters. The van der Waals surface area contributed by atoms with Crippen molar-refractivity contribution in [2.45, 2.75) is 23.4 Å². The number of thioether (sulfide) groups is 1. The molecule has 0 amide bonds. The lowest BCUT2D eigenvalue weighted by Crippen LogP contribution is -2.32. The van der Waals surface area contributed by atoms with Crippen molar-refractivity contribution >= 4 is 17.7 Å². The quantitative estimate of drug-likeness (QED) is 0.543. The standard InChI is InChI=1S/C14H15N3O3S/c15-11(13(19)20)7-9-2-1-3-10(6-9)8-21-14-16-5-4-12(18)17-14/h1-6,11H,7-8,15H2,(H,19,20)(H,16,17,18)/t11-/m0/s1. The van der Waals surface area contributed by atoms with Crippen molar-refractivity contribution in [2.24, 2.45) is 5.73 Å². The highest BCUT2D eigenvalue weighted by Gasteiger charge is 2.12. The summed E-state index contributed by atoms with van der Waals surface area (Å²) in [5, 5.41) is 9.37. The van der Waals surface area contributed by atoms with Crippen LogP contribution in [0.2, 0.25) is 0 Å². The Kier molecular flexibility index (Phi) is 5.13. The summed E-state index contributed by atoms with van der Waals surface area (Å²) in [6.07, 6.45) is 1.75. The fourth-order valence-corrected chi connectivity index (χ4v) is 2.56. The van der Waals surface area contributed by atoms with Gasteiger partial charge in [0.25, 0.3) is 5.56 Å². The summed E-state index contributed by atoms with van der Waals surface area (Å²) in [6, 6.07) is 8.01. The van der Waals surface area contributed by atoms with Gasteiger partial charge in [-0.3, -0.25) is 9.59 Å². The van der Waals surface area contributed by atoms with E-state index >= 15 is 0 Å². The smallest absolute Gasteiger partial charge is 0.320 e. The van der Waals surface area contributed by atoms with E-state index in [1.165, 1.54) is 24.0 Å². The van der Waals surface area contributed by atoms with Crippen molar-refractivity contribution in [2.75, 3.05) is 0 Å². The van der Waals surface area contributed by atoms with Gasteiger partial charge in [-0.2, -0.15) is 0 Å². The third-order valence-corrected chi connectivity index (χ3v) is 3.75. The topological polar surface area (TPSA) is 109 Å². The Morgan fingerprint density at radius 2 is 2.14 bits per heavy atom. The van der Waals surface area contributed by atoms with Crippen LogP contribution in [-0.4, -0.2) is 27.1 Å². The monoisotopic (exact) mass is 305 g/mol. The molecule has 2 aromatic rings. The lowest BCUT2D eigenvalue weighted by Gasteiger charge is -2.08. The van der Waals surface area contributed by atoms with Crippen LogP contribution in [0, 0.1) is 0 Å². The summed E-state index contributed by atoms with van der Waals surface area (Å²) in [5.41, 5.74) is 7.23. The van der Waals surface area contributed by atoms with Crippen molar-refractivity contribution in [3.8, 4) is 0 Å². The van der Waals surface area contributed by atoms with E-state index in [9.17, 15) is 9.59 Å². The minimum atomic E-state index is -1.01. The van der Waals surface area contributed by atoms with Gasteiger partial charge in [-0.25, -0.2) is 4.98 Å². The molecule has 7 heteroatoms. The normalized spacial score (nSPS) is 12.0. The van der Waals surface area contributed by atoms with Crippen LogP contribution in [-0.2, 0) is 17.0 Å². The molecule has 2 rings (SSSR count). The minimum absolute atomic E-state index is 0.186. The van der Waals surface area contributed by atoms with Gasteiger partial charge >= 0.3 is 5.97 Å². The number of benzene rings is 1. The minimum Gasteiger partial charge on any atom is -0.480 e. The zero-order valence-electron chi connectivity index (χ0n) is 11.2. The molecular weight excluding hydrogens is 290 g/mol. The van der Waals surface area contributed by atoms with Gasteiger partial charge in [-0.15, -0.1) is 0 Å². The molecule has 0 radical (unpaired) electrons. The number of rotatable bonds is 6. The van der Waals surface area contributed by atoms with Gasteiger partial charge in [0.2, 0.25) is 0 Å². The molecule has 0 spiro atoms. The molecule has 0 saturated carbocycles. The van der Waals surface area contributed by atoms with E-state index in [4.69, 9.17) is 10.8 Å². The number of nitrogens with one attached hydrogen (secondary N) is 1. The summed E-state index contributed by atoms with van der Waals surface area (Å²) in [6.45, 7) is 0. The first-order chi connectivity index (χ1) is 10.0. The summed E-state index contributed by atoms with van der Waals surface area (Å²) >= 11 is 1.41. The van der Waals surface area contributed by atoms with Gasteiger partial charge in [0.05, 0.1) is 0 Å². The van der Waals surface area contributed by atoms with Crippen molar-refractivity contribution in [3.05, 3.63) is 58.0 Å². The molecule has 0 aliphatic carbocycles. The Bertz CT molecular complexity index is 687. The highest BCUT2D eigenvalue weighted by atomic mass is 32.2. The summed E-state index contributed by atoms with van der Waals surface area (Å²) in [4.78, 5) is 28.6. The Labute approximate surface area is 125 Å². The fourth-order valence-electron chi connectivity index (χ4n) is 1.76. The van der Waals surface area contributed by atoms with Gasteiger partial charge in [0, 0.05) is 18.0 Å². The molecule has 1 aromatic heterocycles. The zero-order chi connectivity index (χ0) is 15.2. The number of hydrogen-bond acceptors (Lipinski definition) is 5. The first-order valence-corrected chi connectivity index (χ1v) is 7.27. The van der Waals surface area contributed by atoms with E-state index in [1.807, 2.05) is 24.3 Å². The van der Waals surface area contributed by atoms with Gasteiger partial charge < -0.3 is 15.8 Å². The molecule has 1 heterocycles. The molecule has 1 aromatic carbocycles. The largest absolute Gasteiger partial charge is 0.480 e. The number of H-pyrrole nitrogens is 1. The molecule has 0 bridgehead atoms. The summed E-state index contributed by atoms with van der Waals surface area (Å²) < 4.78 is 0. The Hall–Kier alpha value is -2.12. The molecular formula is C14H15N3O3S. The van der Waals surface area contributed by atoms with Crippen molar-refractivity contribution in [1.29, 1.82) is 0 Å². The Morgan fingerprint density at radius 3 is 2.86 bits per heavy atom. The maximum Gasteiger partial charge on any atom is 0.320 e. The number of nitrogens with two attached hydrogens (primary N) is 1. The summed E-state index contributed by atoms with van der Waals surface area (Å²) in [7, 11) is 0. The fraction of sp³-hybridized carbons (Fsp3) is 0.214. The van der Waals surface area contributed by atoms with E-state index in [0.29, 0.717) is 10.9 Å². The average Bonchev–Trinajstić information content (AvgIpc) is 2.45. The van der Waals surface area contributed by atoms with Crippen LogP contribution in [0.15, 0.2) is 46.5 Å². The highest BCUT2D eigenvalue weighted by Crippen LogP contribution is 2.19. The SMILES string of the molecule is N[C@@H](Cc1cccc(CSc2nccc(=O)[nH]2)c1)C(=O)O. The van der Waals surface area contributed by atoms with Gasteiger partial charge in [0.1, 0.15) is 6.04 Å². The second kappa shape index (κ2) is 7.05. The molecule has 0 fully saturated rings. The molecule has 4 N–H and O–H groups in total. The molecule has 21 heavy (non-hydrogen) atoms. The number of carboxylic acids is 1. The number of carboxylic acid groups (broad SMARTS) is 1. The number of nitrogens with zero attached hydrogens (tertiary/aromatic N) is 1. The van der Waals surface area contributed by atoms with E-state index < -0.39 is 12.0 Å². The van der Waals surface area contributed by atoms with E-state index in [2.05, 4.69) is 9.97 Å². The molecule has 0 aliphatic rings. The molecule has 110 valence electrons. The van der Waals surface area contributed by atoms with Crippen molar-refractivity contribution in [3.63, 3.8) is 0 Å². The molecule has 0 aliphatic heterocycles. The lowest BCUT2D eigenvalue weighted by molar-refractivity contribution is -0.138. The van der Waals surface area contributed by atoms with E-state index in [0.717, 1.165) is 11.1 Å². The Morgan fingerprint density at radius 1 is 1.38 bits per heavy atom. The number of aromatic nitrogens is 2. The van der Waals surface area contributed by atoms with Crippen LogP contribution < -0.4 is 11.3 Å². The van der Waals surface area contributed by atoms with Crippen LogP contribution >= 0.6 is 11.8 Å². The lowest BCUT2D eigenvalue weighted by atomic mass is 10.0. The maximum absolute atomic E-state index is 11.2. The zero-order valence-corrected chi connectivity index (χ0v) is 12.0. The van der Waals surface area contributed by atoms with Crippen molar-refractivity contribution in [1.82, 2.24) is 9.97 Å². The third-order valence-electron chi connectivity index (χ3n) is 2.79. The van der Waals surface area contributed by atoms with Gasteiger partial charge in [-0.1, -0.05) is 36.0 Å². The molecule has 6 nitrogen and oxygen atoms in total. The summed E-state index contributed by atoms with van der Waals surface area (Å²) in [5.74, 6) is -0.385. The number of aliphatic carboxylic acids is 1. The first kappa shape index (κ1) is 15.3.